The molecule has 0 aromatic rings. The Kier molecular flexibility index (Phi) is 6.83. The fourth-order valence-electron chi connectivity index (χ4n) is 1.75. The molecule has 0 saturated carbocycles. The molecule has 1 rings (SSSR count). The van der Waals surface area contributed by atoms with Crippen LogP contribution in [0.2, 0.25) is 0 Å². The molecule has 0 spiro atoms. The van der Waals surface area contributed by atoms with Crippen molar-refractivity contribution >= 4 is 17.6 Å². The minimum atomic E-state index is -0.536. The van der Waals surface area contributed by atoms with Crippen LogP contribution in [0, 0.1) is 5.92 Å². The van der Waals surface area contributed by atoms with Crippen molar-refractivity contribution in [2.45, 2.75) is 25.4 Å². The Hall–Kier alpha value is -1.00. The van der Waals surface area contributed by atoms with Gasteiger partial charge in [-0.1, -0.05) is 6.08 Å². The molecule has 2 atom stereocenters. The number of carbonyl (C=O) groups excluding carboxylic acids is 1. The van der Waals surface area contributed by atoms with E-state index in [4.69, 9.17) is 16.3 Å². The first-order chi connectivity index (χ1) is 8.67. The lowest BCUT2D eigenvalue weighted by Crippen LogP contribution is -2.21. The molecule has 0 heterocycles. The van der Waals surface area contributed by atoms with Gasteiger partial charge in [0.15, 0.2) is 0 Å². The Morgan fingerprint density at radius 2 is 2.44 bits per heavy atom. The molecule has 4 nitrogen and oxygen atoms in total. The molecule has 1 N–H and O–H groups in total. The highest BCUT2D eigenvalue weighted by Gasteiger charge is 2.19. The van der Waals surface area contributed by atoms with E-state index in [-0.39, 0.29) is 18.3 Å². The highest BCUT2D eigenvalue weighted by Crippen LogP contribution is 2.22. The summed E-state index contributed by atoms with van der Waals surface area (Å²) in [5, 5.41) is 9.93. The van der Waals surface area contributed by atoms with Crippen molar-refractivity contribution in [3.8, 4) is 0 Å². The van der Waals surface area contributed by atoms with E-state index in [1.165, 1.54) is 7.11 Å². The summed E-state index contributed by atoms with van der Waals surface area (Å²) in [5.74, 6) is 0.969. The van der Waals surface area contributed by atoms with Crippen LogP contribution in [0.15, 0.2) is 24.0 Å². The number of aliphatic hydroxyl groups is 1. The van der Waals surface area contributed by atoms with Gasteiger partial charge < -0.3 is 14.6 Å². The fraction of sp³-hybridized carbons (Fsp3) is 0.615. The van der Waals surface area contributed by atoms with E-state index in [1.54, 1.807) is 0 Å². The monoisotopic (exact) mass is 274 g/mol. The predicted molar refractivity (Wildman–Crippen MR) is 69.3 cm³/mol. The zero-order chi connectivity index (χ0) is 13.4. The summed E-state index contributed by atoms with van der Waals surface area (Å²) in [4.78, 5) is 11.0. The van der Waals surface area contributed by atoms with Crippen LogP contribution < -0.4 is 0 Å². The van der Waals surface area contributed by atoms with Gasteiger partial charge in [-0.2, -0.15) is 0 Å². The molecule has 0 saturated heterocycles. The van der Waals surface area contributed by atoms with E-state index in [1.807, 2.05) is 18.2 Å². The van der Waals surface area contributed by atoms with Gasteiger partial charge >= 0.3 is 5.97 Å². The maximum Gasteiger partial charge on any atom is 0.305 e. The van der Waals surface area contributed by atoms with Crippen LogP contribution in [0.1, 0.15) is 19.3 Å². The highest BCUT2D eigenvalue weighted by atomic mass is 35.5. The number of aliphatic hydroxyl groups excluding tert-OH is 1. The van der Waals surface area contributed by atoms with E-state index >= 15 is 0 Å². The number of carbonyl (C=O) groups is 1. The normalized spacial score (nSPS) is 20.2. The third-order valence-corrected chi connectivity index (χ3v) is 2.97. The predicted octanol–water partition coefficient (Wildman–Crippen LogP) is 2.02. The number of hydrogen-bond donors (Lipinski definition) is 1. The van der Waals surface area contributed by atoms with Gasteiger partial charge in [-0.3, -0.25) is 4.79 Å². The molecule has 0 fully saturated rings. The quantitative estimate of drug-likeness (QED) is 0.570. The van der Waals surface area contributed by atoms with Gasteiger partial charge in [0.25, 0.3) is 0 Å². The second kappa shape index (κ2) is 8.16. The fourth-order valence-corrected chi connectivity index (χ4v) is 1.83. The van der Waals surface area contributed by atoms with Crippen LogP contribution in [0.25, 0.3) is 0 Å². The second-order valence-corrected chi connectivity index (χ2v) is 4.46. The summed E-state index contributed by atoms with van der Waals surface area (Å²) in [5.41, 5.74) is 0. The number of esters is 1. The standard InChI is InChI=1S/C13H19ClO4/c1-17-13(16)7-6-12(15)10-2-4-11(5-3-10)18-9-8-14/h2,4-5,10,12,15H,3,6-9H2,1H3. The van der Waals surface area contributed by atoms with Crippen LogP contribution in [0.4, 0.5) is 0 Å². The van der Waals surface area contributed by atoms with Gasteiger partial charge in [-0.05, 0) is 25.0 Å². The first-order valence-corrected chi connectivity index (χ1v) is 6.52. The first-order valence-electron chi connectivity index (χ1n) is 5.99. The molecule has 0 amide bonds. The topological polar surface area (TPSA) is 55.8 Å². The second-order valence-electron chi connectivity index (χ2n) is 4.08. The van der Waals surface area contributed by atoms with Crippen molar-refractivity contribution in [1.82, 2.24) is 0 Å². The molecule has 1 aliphatic rings. The molecule has 0 radical (unpaired) electrons. The van der Waals surface area contributed by atoms with Crippen LogP contribution in [0.3, 0.4) is 0 Å². The van der Waals surface area contributed by atoms with Crippen molar-refractivity contribution in [2.24, 2.45) is 5.92 Å². The SMILES string of the molecule is COC(=O)CCC(O)C1C=CC(OCCCl)=CC1. The van der Waals surface area contributed by atoms with Gasteiger partial charge in [-0.15, -0.1) is 11.6 Å². The van der Waals surface area contributed by atoms with E-state index in [2.05, 4.69) is 4.74 Å². The largest absolute Gasteiger partial charge is 0.493 e. The maximum atomic E-state index is 11.0. The number of rotatable bonds is 7. The minimum absolute atomic E-state index is 0.0259. The molecule has 0 aromatic heterocycles. The Bertz CT molecular complexity index is 325. The molecule has 0 aromatic carbocycles. The third kappa shape index (κ3) is 5.10. The first kappa shape index (κ1) is 15.1. The molecule has 1 aliphatic carbocycles. The maximum absolute atomic E-state index is 11.0. The molecule has 5 heteroatoms. The van der Waals surface area contributed by atoms with Gasteiger partial charge in [0.1, 0.15) is 12.4 Å². The van der Waals surface area contributed by atoms with Crippen molar-refractivity contribution < 1.29 is 19.4 Å². The van der Waals surface area contributed by atoms with Crippen molar-refractivity contribution in [2.75, 3.05) is 19.6 Å². The molecular weight excluding hydrogens is 256 g/mol. The Labute approximate surface area is 112 Å². The molecule has 0 bridgehead atoms. The zero-order valence-corrected chi connectivity index (χ0v) is 11.2. The van der Waals surface area contributed by atoms with Gasteiger partial charge in [-0.25, -0.2) is 0 Å². The molecule has 102 valence electrons. The smallest absolute Gasteiger partial charge is 0.305 e. The summed E-state index contributed by atoms with van der Waals surface area (Å²) in [7, 11) is 1.35. The Balaban J connectivity index is 2.31. The van der Waals surface area contributed by atoms with Crippen LogP contribution in [-0.2, 0) is 14.3 Å². The van der Waals surface area contributed by atoms with Crippen LogP contribution in [0.5, 0.6) is 0 Å². The van der Waals surface area contributed by atoms with E-state index in [9.17, 15) is 9.90 Å². The summed E-state index contributed by atoms with van der Waals surface area (Å²) in [6.07, 6.45) is 6.49. The summed E-state index contributed by atoms with van der Waals surface area (Å²) >= 11 is 5.52. The lowest BCUT2D eigenvalue weighted by molar-refractivity contribution is -0.141. The summed E-state index contributed by atoms with van der Waals surface area (Å²) < 4.78 is 9.90. The number of allylic oxidation sites excluding steroid dienone is 2. The Morgan fingerprint density at radius 3 is 3.00 bits per heavy atom. The van der Waals surface area contributed by atoms with Crippen molar-refractivity contribution in [3.63, 3.8) is 0 Å². The number of alkyl halides is 1. The van der Waals surface area contributed by atoms with E-state index in [0.29, 0.717) is 25.3 Å². The average Bonchev–Trinajstić information content (AvgIpc) is 2.42. The average molecular weight is 275 g/mol. The van der Waals surface area contributed by atoms with Crippen molar-refractivity contribution in [1.29, 1.82) is 0 Å². The van der Waals surface area contributed by atoms with Crippen LogP contribution in [-0.4, -0.2) is 36.8 Å². The number of methoxy groups -OCH3 is 1. The molecule has 0 aliphatic heterocycles. The van der Waals surface area contributed by atoms with E-state index in [0.717, 1.165) is 5.76 Å². The van der Waals surface area contributed by atoms with Gasteiger partial charge in [0.05, 0.1) is 19.1 Å². The summed E-state index contributed by atoms with van der Waals surface area (Å²) in [6.45, 7) is 0.479. The summed E-state index contributed by atoms with van der Waals surface area (Å²) in [6, 6.07) is 0. The third-order valence-electron chi connectivity index (χ3n) is 2.81. The molecule has 2 unspecified atom stereocenters. The van der Waals surface area contributed by atoms with E-state index < -0.39 is 6.10 Å². The highest BCUT2D eigenvalue weighted by molar-refractivity contribution is 6.17. The number of halogens is 1. The lowest BCUT2D eigenvalue weighted by Gasteiger charge is -2.21. The van der Waals surface area contributed by atoms with Gasteiger partial charge in [0, 0.05) is 12.3 Å². The van der Waals surface area contributed by atoms with Gasteiger partial charge in [0.2, 0.25) is 0 Å². The lowest BCUT2D eigenvalue weighted by atomic mass is 9.91. The van der Waals surface area contributed by atoms with Crippen molar-refractivity contribution in [3.05, 3.63) is 24.0 Å². The molecule has 18 heavy (non-hydrogen) atoms. The minimum Gasteiger partial charge on any atom is -0.493 e. The zero-order valence-electron chi connectivity index (χ0n) is 10.5. The number of hydrogen-bond acceptors (Lipinski definition) is 4. The number of ether oxygens (including phenoxy) is 2. The Morgan fingerprint density at radius 1 is 1.67 bits per heavy atom. The van der Waals surface area contributed by atoms with Crippen LogP contribution >= 0.6 is 11.6 Å². The molecular formula is C13H19ClO4.